The maximum atomic E-state index is 12.8. The molecule has 0 fully saturated rings. The van der Waals surface area contributed by atoms with Crippen LogP contribution >= 0.6 is 0 Å². The minimum atomic E-state index is -3.08. The number of nitrogens with two attached hydrogens (primary N) is 1. The van der Waals surface area contributed by atoms with Crippen molar-refractivity contribution < 1.29 is 18.4 Å². The Labute approximate surface area is 112 Å². The number of nitrogens with one attached hydrogen (secondary N) is 1. The molecule has 7 heteroatoms. The van der Waals surface area contributed by atoms with Crippen molar-refractivity contribution >= 4 is 11.8 Å². The highest BCUT2D eigenvalue weighted by Gasteiger charge is 2.26. The second-order valence-electron chi connectivity index (χ2n) is 4.26. The molecule has 0 spiro atoms. The minimum Gasteiger partial charge on any atom is -0.350 e. The van der Waals surface area contributed by atoms with Crippen LogP contribution < -0.4 is 11.1 Å². The number of amides is 2. The van der Waals surface area contributed by atoms with Gasteiger partial charge in [0.1, 0.15) is 0 Å². The van der Waals surface area contributed by atoms with Crippen molar-refractivity contribution in [2.45, 2.75) is 39.0 Å². The third-order valence-electron chi connectivity index (χ3n) is 2.75. The van der Waals surface area contributed by atoms with Crippen molar-refractivity contribution in [1.82, 2.24) is 10.2 Å². The Kier molecular flexibility index (Phi) is 8.22. The van der Waals surface area contributed by atoms with Gasteiger partial charge in [-0.05, 0) is 20.3 Å². The van der Waals surface area contributed by atoms with Crippen LogP contribution in [0.4, 0.5) is 8.78 Å². The third-order valence-corrected chi connectivity index (χ3v) is 2.75. The molecule has 112 valence electrons. The molecule has 5 nitrogen and oxygen atoms in total. The maximum Gasteiger partial charge on any atom is 0.277 e. The van der Waals surface area contributed by atoms with Crippen LogP contribution in [0.15, 0.2) is 0 Å². The van der Waals surface area contributed by atoms with E-state index in [0.717, 1.165) is 0 Å². The highest BCUT2D eigenvalue weighted by Crippen LogP contribution is 2.09. The van der Waals surface area contributed by atoms with Crippen molar-refractivity contribution in [3.05, 3.63) is 0 Å². The summed E-state index contributed by atoms with van der Waals surface area (Å²) >= 11 is 0. The highest BCUT2D eigenvalue weighted by molar-refractivity contribution is 5.78. The molecule has 0 heterocycles. The SMILES string of the molecule is CCN(CC)C(=O)CCCC(=O)NCC(F)(F)CN. The summed E-state index contributed by atoms with van der Waals surface area (Å²) < 4.78 is 25.5. The number of alkyl halides is 2. The van der Waals surface area contributed by atoms with Gasteiger partial charge in [0.05, 0.1) is 13.1 Å². The predicted octanol–water partition coefficient (Wildman–Crippen LogP) is 0.735. The summed E-state index contributed by atoms with van der Waals surface area (Å²) in [5.41, 5.74) is 4.84. The Hall–Kier alpha value is -1.24. The fourth-order valence-corrected chi connectivity index (χ4v) is 1.52. The van der Waals surface area contributed by atoms with E-state index in [1.807, 2.05) is 13.8 Å². The van der Waals surface area contributed by atoms with Crippen molar-refractivity contribution in [3.63, 3.8) is 0 Å². The molecule has 0 aromatic carbocycles. The highest BCUT2D eigenvalue weighted by atomic mass is 19.3. The fraction of sp³-hybridized carbons (Fsp3) is 0.833. The Morgan fingerprint density at radius 3 is 2.26 bits per heavy atom. The van der Waals surface area contributed by atoms with Gasteiger partial charge in [-0.2, -0.15) is 0 Å². The van der Waals surface area contributed by atoms with Crippen molar-refractivity contribution in [3.8, 4) is 0 Å². The van der Waals surface area contributed by atoms with Crippen molar-refractivity contribution in [1.29, 1.82) is 0 Å². The van der Waals surface area contributed by atoms with Crippen LogP contribution in [0.25, 0.3) is 0 Å². The average molecular weight is 279 g/mol. The van der Waals surface area contributed by atoms with Gasteiger partial charge in [-0.1, -0.05) is 0 Å². The van der Waals surface area contributed by atoms with E-state index in [-0.39, 0.29) is 18.7 Å². The molecule has 3 N–H and O–H groups in total. The molecule has 0 aliphatic heterocycles. The average Bonchev–Trinajstić information content (AvgIpc) is 2.38. The van der Waals surface area contributed by atoms with Crippen LogP contribution in [0.5, 0.6) is 0 Å². The maximum absolute atomic E-state index is 12.8. The molecule has 0 aliphatic rings. The first kappa shape index (κ1) is 17.8. The van der Waals surface area contributed by atoms with Crippen LogP contribution in [0.3, 0.4) is 0 Å². The van der Waals surface area contributed by atoms with Gasteiger partial charge in [-0.3, -0.25) is 9.59 Å². The number of halogens is 2. The number of carbonyl (C=O) groups excluding carboxylic acids is 2. The molecule has 2 amide bonds. The van der Waals surface area contributed by atoms with E-state index in [4.69, 9.17) is 5.73 Å². The number of rotatable bonds is 9. The molecule has 0 saturated heterocycles. The van der Waals surface area contributed by atoms with Gasteiger partial charge >= 0.3 is 0 Å². The molecule has 0 atom stereocenters. The normalized spacial score (nSPS) is 11.2. The molecule has 0 saturated carbocycles. The van der Waals surface area contributed by atoms with Gasteiger partial charge in [-0.25, -0.2) is 8.78 Å². The van der Waals surface area contributed by atoms with E-state index in [0.29, 0.717) is 19.5 Å². The van der Waals surface area contributed by atoms with E-state index in [1.165, 1.54) is 0 Å². The zero-order valence-corrected chi connectivity index (χ0v) is 11.5. The number of hydrogen-bond acceptors (Lipinski definition) is 3. The molecular weight excluding hydrogens is 256 g/mol. The van der Waals surface area contributed by atoms with Crippen LogP contribution in [-0.4, -0.2) is 48.8 Å². The predicted molar refractivity (Wildman–Crippen MR) is 68.8 cm³/mol. The summed E-state index contributed by atoms with van der Waals surface area (Å²) in [6.07, 6.45) is 0.672. The molecule has 19 heavy (non-hydrogen) atoms. The second kappa shape index (κ2) is 8.79. The summed E-state index contributed by atoms with van der Waals surface area (Å²) in [7, 11) is 0. The van der Waals surface area contributed by atoms with E-state index >= 15 is 0 Å². The lowest BCUT2D eigenvalue weighted by Crippen LogP contribution is -2.41. The van der Waals surface area contributed by atoms with Crippen LogP contribution in [0.2, 0.25) is 0 Å². The van der Waals surface area contributed by atoms with Gasteiger partial charge in [0, 0.05) is 25.9 Å². The first-order chi connectivity index (χ1) is 8.86. The van der Waals surface area contributed by atoms with Gasteiger partial charge < -0.3 is 16.0 Å². The quantitative estimate of drug-likeness (QED) is 0.653. The number of nitrogens with zero attached hydrogens (tertiary/aromatic N) is 1. The summed E-state index contributed by atoms with van der Waals surface area (Å²) in [6, 6.07) is 0. The summed E-state index contributed by atoms with van der Waals surface area (Å²) in [4.78, 5) is 24.6. The minimum absolute atomic E-state index is 0.0231. The zero-order chi connectivity index (χ0) is 14.9. The Morgan fingerprint density at radius 1 is 1.21 bits per heavy atom. The van der Waals surface area contributed by atoms with E-state index < -0.39 is 24.9 Å². The standard InChI is InChI=1S/C12H23F2N3O2/c1-3-17(4-2)11(19)7-5-6-10(18)16-9-12(13,14)8-15/h3-9,15H2,1-2H3,(H,16,18). The molecule has 0 unspecified atom stereocenters. The summed E-state index contributed by atoms with van der Waals surface area (Å²) in [5.74, 6) is -3.59. The topological polar surface area (TPSA) is 75.4 Å². The smallest absolute Gasteiger partial charge is 0.277 e. The van der Waals surface area contributed by atoms with E-state index in [1.54, 1.807) is 4.90 Å². The molecule has 0 aromatic rings. The van der Waals surface area contributed by atoms with Crippen molar-refractivity contribution in [2.24, 2.45) is 5.73 Å². The monoisotopic (exact) mass is 279 g/mol. The van der Waals surface area contributed by atoms with Gasteiger partial charge in [0.25, 0.3) is 5.92 Å². The van der Waals surface area contributed by atoms with Crippen LogP contribution in [0.1, 0.15) is 33.1 Å². The van der Waals surface area contributed by atoms with Crippen molar-refractivity contribution in [2.75, 3.05) is 26.2 Å². The zero-order valence-electron chi connectivity index (χ0n) is 11.5. The summed E-state index contributed by atoms with van der Waals surface area (Å²) in [5, 5.41) is 2.11. The lowest BCUT2D eigenvalue weighted by atomic mass is 10.2. The Morgan fingerprint density at radius 2 is 1.79 bits per heavy atom. The second-order valence-corrected chi connectivity index (χ2v) is 4.26. The first-order valence-electron chi connectivity index (χ1n) is 6.48. The fourth-order valence-electron chi connectivity index (χ4n) is 1.52. The molecule has 0 rings (SSSR count). The first-order valence-corrected chi connectivity index (χ1v) is 6.48. The van der Waals surface area contributed by atoms with Gasteiger partial charge in [0.2, 0.25) is 11.8 Å². The Bertz CT molecular complexity index is 295. The number of hydrogen-bond donors (Lipinski definition) is 2. The molecule has 0 radical (unpaired) electrons. The van der Waals surface area contributed by atoms with Gasteiger partial charge in [-0.15, -0.1) is 0 Å². The molecular formula is C12H23F2N3O2. The molecule has 0 bridgehead atoms. The molecule has 0 aliphatic carbocycles. The number of carbonyl (C=O) groups is 2. The van der Waals surface area contributed by atoms with Crippen LogP contribution in [0, 0.1) is 0 Å². The largest absolute Gasteiger partial charge is 0.350 e. The van der Waals surface area contributed by atoms with E-state index in [9.17, 15) is 18.4 Å². The van der Waals surface area contributed by atoms with Crippen LogP contribution in [-0.2, 0) is 9.59 Å². The third kappa shape index (κ3) is 7.71. The van der Waals surface area contributed by atoms with Gasteiger partial charge in [0.15, 0.2) is 0 Å². The Balaban J connectivity index is 3.83. The lowest BCUT2D eigenvalue weighted by molar-refractivity contribution is -0.131. The molecule has 0 aromatic heterocycles. The van der Waals surface area contributed by atoms with E-state index in [2.05, 4.69) is 5.32 Å². The lowest BCUT2D eigenvalue weighted by Gasteiger charge is -2.18. The summed E-state index contributed by atoms with van der Waals surface area (Å²) in [6.45, 7) is 3.46.